The van der Waals surface area contributed by atoms with Gasteiger partial charge in [0, 0.05) is 10.0 Å². The Balaban J connectivity index is 1.99. The van der Waals surface area contributed by atoms with E-state index in [0.29, 0.717) is 10.0 Å². The molecule has 82 valence electrons. The Morgan fingerprint density at radius 3 is 2.67 bits per heavy atom. The summed E-state index contributed by atoms with van der Waals surface area (Å²) in [5.41, 5.74) is 0.793. The molecule has 0 saturated heterocycles. The van der Waals surface area contributed by atoms with Gasteiger partial charge in [0.2, 0.25) is 0 Å². The van der Waals surface area contributed by atoms with Crippen molar-refractivity contribution in [3.63, 3.8) is 0 Å². The van der Waals surface area contributed by atoms with Crippen molar-refractivity contribution < 1.29 is 5.11 Å². The molecule has 0 amide bonds. The van der Waals surface area contributed by atoms with Gasteiger partial charge in [0.1, 0.15) is 0 Å². The molecule has 1 atom stereocenters. The molecule has 1 aromatic carbocycles. The summed E-state index contributed by atoms with van der Waals surface area (Å²) >= 11 is 11.8. The van der Waals surface area contributed by atoms with Crippen LogP contribution in [0.4, 0.5) is 0 Å². The maximum atomic E-state index is 9.94. The van der Waals surface area contributed by atoms with Crippen molar-refractivity contribution in [3.8, 4) is 0 Å². The second kappa shape index (κ2) is 4.73. The van der Waals surface area contributed by atoms with Crippen LogP contribution >= 0.6 is 23.2 Å². The number of hydrogen-bond acceptors (Lipinski definition) is 1. The molecule has 0 bridgehead atoms. The fourth-order valence-electron chi connectivity index (χ4n) is 1.73. The molecule has 0 aromatic heterocycles. The third kappa shape index (κ3) is 3.10. The van der Waals surface area contributed by atoms with Gasteiger partial charge in [-0.15, -0.1) is 0 Å². The Bertz CT molecular complexity index is 347. The molecule has 1 aliphatic rings. The third-order valence-electron chi connectivity index (χ3n) is 2.87. The standard InChI is InChI=1S/C12H14Cl2O/c13-9-4-5-10(11(14)7-9)12(15)6-3-8-1-2-8/h4-5,7-8,12,15H,1-3,6H2. The van der Waals surface area contributed by atoms with Crippen molar-refractivity contribution in [2.75, 3.05) is 0 Å². The van der Waals surface area contributed by atoms with Crippen LogP contribution in [0.5, 0.6) is 0 Å². The lowest BCUT2D eigenvalue weighted by Crippen LogP contribution is -1.98. The first-order valence-electron chi connectivity index (χ1n) is 5.30. The van der Waals surface area contributed by atoms with Crippen LogP contribution in [0.3, 0.4) is 0 Å². The summed E-state index contributed by atoms with van der Waals surface area (Å²) in [7, 11) is 0. The van der Waals surface area contributed by atoms with Gasteiger partial charge >= 0.3 is 0 Å². The Morgan fingerprint density at radius 2 is 2.07 bits per heavy atom. The molecule has 0 aliphatic heterocycles. The van der Waals surface area contributed by atoms with E-state index >= 15 is 0 Å². The Labute approximate surface area is 100 Å². The fraction of sp³-hybridized carbons (Fsp3) is 0.500. The molecule has 0 radical (unpaired) electrons. The largest absolute Gasteiger partial charge is 0.388 e. The maximum Gasteiger partial charge on any atom is 0.0804 e. The second-order valence-corrected chi connectivity index (χ2v) is 5.05. The zero-order valence-electron chi connectivity index (χ0n) is 8.42. The number of aliphatic hydroxyl groups excluding tert-OH is 1. The molecule has 1 aliphatic carbocycles. The monoisotopic (exact) mass is 244 g/mol. The number of benzene rings is 1. The summed E-state index contributed by atoms with van der Waals surface area (Å²) in [6.07, 6.45) is 4.09. The number of halogens is 2. The predicted octanol–water partition coefficient (Wildman–Crippen LogP) is 4.22. The van der Waals surface area contributed by atoms with Gasteiger partial charge in [-0.25, -0.2) is 0 Å². The summed E-state index contributed by atoms with van der Waals surface area (Å²) in [6.45, 7) is 0. The Hall–Kier alpha value is -0.240. The summed E-state index contributed by atoms with van der Waals surface area (Å²) < 4.78 is 0. The van der Waals surface area contributed by atoms with E-state index in [1.165, 1.54) is 12.8 Å². The normalized spacial score (nSPS) is 17.8. The second-order valence-electron chi connectivity index (χ2n) is 4.20. The van der Waals surface area contributed by atoms with E-state index < -0.39 is 6.10 Å². The average Bonchev–Trinajstić information content (AvgIpc) is 2.97. The summed E-state index contributed by atoms with van der Waals surface area (Å²) in [5, 5.41) is 11.1. The highest BCUT2D eigenvalue weighted by Crippen LogP contribution is 2.37. The summed E-state index contributed by atoms with van der Waals surface area (Å²) in [5.74, 6) is 0.839. The molecule has 3 heteroatoms. The van der Waals surface area contributed by atoms with Crippen LogP contribution in [-0.4, -0.2) is 5.11 Å². The minimum Gasteiger partial charge on any atom is -0.388 e. The minimum atomic E-state index is -0.449. The van der Waals surface area contributed by atoms with E-state index in [2.05, 4.69) is 0 Å². The van der Waals surface area contributed by atoms with E-state index in [1.54, 1.807) is 12.1 Å². The summed E-state index contributed by atoms with van der Waals surface area (Å²) in [4.78, 5) is 0. The van der Waals surface area contributed by atoms with Crippen LogP contribution in [0.25, 0.3) is 0 Å². The van der Waals surface area contributed by atoms with Gasteiger partial charge in [-0.3, -0.25) is 0 Å². The average molecular weight is 245 g/mol. The van der Waals surface area contributed by atoms with Gasteiger partial charge < -0.3 is 5.11 Å². The molecule has 1 nitrogen and oxygen atoms in total. The lowest BCUT2D eigenvalue weighted by Gasteiger charge is -2.12. The zero-order valence-corrected chi connectivity index (χ0v) is 9.93. The molecule has 0 heterocycles. The van der Waals surface area contributed by atoms with Crippen LogP contribution < -0.4 is 0 Å². The van der Waals surface area contributed by atoms with Crippen LogP contribution in [0, 0.1) is 5.92 Å². The molecule has 1 unspecified atom stereocenters. The predicted molar refractivity (Wildman–Crippen MR) is 63.4 cm³/mol. The van der Waals surface area contributed by atoms with E-state index in [9.17, 15) is 5.11 Å². The highest BCUT2D eigenvalue weighted by molar-refractivity contribution is 6.35. The SMILES string of the molecule is OC(CCC1CC1)c1ccc(Cl)cc1Cl. The van der Waals surface area contributed by atoms with Crippen molar-refractivity contribution in [1.82, 2.24) is 0 Å². The molecule has 2 rings (SSSR count). The Morgan fingerprint density at radius 1 is 1.33 bits per heavy atom. The highest BCUT2D eigenvalue weighted by atomic mass is 35.5. The molecule has 15 heavy (non-hydrogen) atoms. The first kappa shape index (κ1) is 11.3. The van der Waals surface area contributed by atoms with Gasteiger partial charge in [-0.2, -0.15) is 0 Å². The van der Waals surface area contributed by atoms with Gasteiger partial charge in [-0.05, 0) is 36.5 Å². The van der Waals surface area contributed by atoms with Crippen LogP contribution in [0.15, 0.2) is 18.2 Å². The highest BCUT2D eigenvalue weighted by Gasteiger charge is 2.22. The minimum absolute atomic E-state index is 0.449. The molecule has 1 saturated carbocycles. The van der Waals surface area contributed by atoms with Gasteiger partial charge in [-0.1, -0.05) is 42.1 Å². The lowest BCUT2D eigenvalue weighted by atomic mass is 10.0. The van der Waals surface area contributed by atoms with Crippen molar-refractivity contribution in [2.24, 2.45) is 5.92 Å². The van der Waals surface area contributed by atoms with E-state index in [0.717, 1.165) is 24.3 Å². The molecule has 0 spiro atoms. The first-order valence-corrected chi connectivity index (χ1v) is 6.05. The Kier molecular flexibility index (Phi) is 3.55. The number of hydrogen-bond donors (Lipinski definition) is 1. The van der Waals surface area contributed by atoms with Crippen LogP contribution in [-0.2, 0) is 0 Å². The van der Waals surface area contributed by atoms with E-state index in [4.69, 9.17) is 23.2 Å². The smallest absolute Gasteiger partial charge is 0.0804 e. The molecular weight excluding hydrogens is 231 g/mol. The van der Waals surface area contributed by atoms with E-state index in [-0.39, 0.29) is 0 Å². The van der Waals surface area contributed by atoms with Gasteiger partial charge in [0.05, 0.1) is 6.10 Å². The third-order valence-corrected chi connectivity index (χ3v) is 3.43. The first-order chi connectivity index (χ1) is 7.16. The van der Waals surface area contributed by atoms with Crippen molar-refractivity contribution in [3.05, 3.63) is 33.8 Å². The number of rotatable bonds is 4. The van der Waals surface area contributed by atoms with Crippen LogP contribution in [0.2, 0.25) is 10.0 Å². The topological polar surface area (TPSA) is 20.2 Å². The molecule has 1 N–H and O–H groups in total. The molecule has 1 fully saturated rings. The molecular formula is C12H14Cl2O. The fourth-order valence-corrected chi connectivity index (χ4v) is 2.26. The van der Waals surface area contributed by atoms with Crippen molar-refractivity contribution in [1.29, 1.82) is 0 Å². The lowest BCUT2D eigenvalue weighted by molar-refractivity contribution is 0.162. The summed E-state index contributed by atoms with van der Waals surface area (Å²) in [6, 6.07) is 5.25. The van der Waals surface area contributed by atoms with E-state index in [1.807, 2.05) is 6.07 Å². The zero-order chi connectivity index (χ0) is 10.8. The van der Waals surface area contributed by atoms with Crippen molar-refractivity contribution >= 4 is 23.2 Å². The maximum absolute atomic E-state index is 9.94. The van der Waals surface area contributed by atoms with Crippen LogP contribution in [0.1, 0.15) is 37.4 Å². The number of aliphatic hydroxyl groups is 1. The van der Waals surface area contributed by atoms with Crippen molar-refractivity contribution in [2.45, 2.75) is 31.8 Å². The molecule has 1 aromatic rings. The van der Waals surface area contributed by atoms with Gasteiger partial charge in [0.25, 0.3) is 0 Å². The van der Waals surface area contributed by atoms with Gasteiger partial charge in [0.15, 0.2) is 0 Å². The quantitative estimate of drug-likeness (QED) is 0.842.